The van der Waals surface area contributed by atoms with E-state index in [1.807, 2.05) is 30.3 Å². The average Bonchev–Trinajstić information content (AvgIpc) is 3.30. The van der Waals surface area contributed by atoms with Gasteiger partial charge in [-0.05, 0) is 42.9 Å². The van der Waals surface area contributed by atoms with Crippen LogP contribution in [0.3, 0.4) is 0 Å². The van der Waals surface area contributed by atoms with Gasteiger partial charge in [0, 0.05) is 12.6 Å². The fourth-order valence-electron chi connectivity index (χ4n) is 4.15. The van der Waals surface area contributed by atoms with E-state index < -0.39 is 22.4 Å². The number of rotatable bonds is 6. The molecule has 0 aliphatic carbocycles. The smallest absolute Gasteiger partial charge is 0.310 e. The zero-order valence-electron chi connectivity index (χ0n) is 17.5. The number of phenols is 1. The summed E-state index contributed by atoms with van der Waals surface area (Å²) in [6.45, 7) is 0.578. The highest BCUT2D eigenvalue weighted by atomic mass is 16.6. The van der Waals surface area contributed by atoms with E-state index in [2.05, 4.69) is 9.97 Å². The van der Waals surface area contributed by atoms with Crippen LogP contribution in [-0.2, 0) is 11.2 Å². The van der Waals surface area contributed by atoms with Crippen molar-refractivity contribution >= 4 is 11.6 Å². The van der Waals surface area contributed by atoms with Crippen LogP contribution in [-0.4, -0.2) is 43.4 Å². The third-order valence-electron chi connectivity index (χ3n) is 5.79. The van der Waals surface area contributed by atoms with Gasteiger partial charge in [0.25, 0.3) is 0 Å². The number of aromatic amines is 1. The Bertz CT molecular complexity index is 1110. The number of likely N-dealkylation sites (tertiary alicyclic amines) is 1. The molecule has 1 amide bonds. The highest BCUT2D eigenvalue weighted by molar-refractivity contribution is 5.82. The molecule has 3 aromatic rings. The van der Waals surface area contributed by atoms with Crippen molar-refractivity contribution in [2.45, 2.75) is 37.8 Å². The molecule has 1 saturated heterocycles. The summed E-state index contributed by atoms with van der Waals surface area (Å²) in [4.78, 5) is 33.3. The molecule has 9 nitrogen and oxygen atoms in total. The Labute approximate surface area is 185 Å². The normalized spacial score (nSPS) is 17.2. The lowest BCUT2D eigenvalue weighted by atomic mass is 9.98. The van der Waals surface area contributed by atoms with E-state index >= 15 is 0 Å². The Balaban J connectivity index is 1.51. The van der Waals surface area contributed by atoms with Gasteiger partial charge in [0.05, 0.1) is 28.9 Å². The highest BCUT2D eigenvalue weighted by Crippen LogP contribution is 2.32. The number of hydrogen-bond donors (Lipinski definition) is 3. The average molecular weight is 435 g/mol. The monoisotopic (exact) mass is 435 g/mol. The van der Waals surface area contributed by atoms with Gasteiger partial charge >= 0.3 is 5.69 Å². The third kappa shape index (κ3) is 4.47. The second kappa shape index (κ2) is 9.19. The second-order valence-electron chi connectivity index (χ2n) is 7.98. The molecule has 1 fully saturated rings. The first-order valence-electron chi connectivity index (χ1n) is 10.6. The third-order valence-corrected chi connectivity index (χ3v) is 5.79. The zero-order valence-corrected chi connectivity index (χ0v) is 17.5. The molecule has 0 spiro atoms. The molecular formula is C23H25N5O4. The molecule has 9 heteroatoms. The van der Waals surface area contributed by atoms with E-state index in [1.54, 1.807) is 17.2 Å². The van der Waals surface area contributed by atoms with Crippen LogP contribution in [0.1, 0.15) is 36.7 Å². The molecule has 0 radical (unpaired) electrons. The number of nitro groups is 1. The number of hydrogen-bond acceptors (Lipinski definition) is 6. The Hall–Kier alpha value is -3.72. The predicted molar refractivity (Wildman–Crippen MR) is 119 cm³/mol. The molecule has 0 bridgehead atoms. The van der Waals surface area contributed by atoms with Crippen molar-refractivity contribution in [3.8, 4) is 17.0 Å². The molecule has 32 heavy (non-hydrogen) atoms. The lowest BCUT2D eigenvalue weighted by Gasteiger charge is -2.36. The van der Waals surface area contributed by atoms with Crippen molar-refractivity contribution in [3.05, 3.63) is 76.2 Å². The fourth-order valence-corrected chi connectivity index (χ4v) is 4.15. The van der Waals surface area contributed by atoms with Crippen molar-refractivity contribution in [3.63, 3.8) is 0 Å². The van der Waals surface area contributed by atoms with Crippen molar-refractivity contribution in [1.82, 2.24) is 14.9 Å². The van der Waals surface area contributed by atoms with Crippen LogP contribution in [0.2, 0.25) is 0 Å². The number of nitrogens with two attached hydrogens (primary N) is 1. The van der Waals surface area contributed by atoms with E-state index in [-0.39, 0.29) is 18.4 Å². The molecule has 1 aliphatic heterocycles. The van der Waals surface area contributed by atoms with Crippen LogP contribution in [0.25, 0.3) is 11.3 Å². The van der Waals surface area contributed by atoms with Crippen LogP contribution >= 0.6 is 0 Å². The van der Waals surface area contributed by atoms with Crippen molar-refractivity contribution in [1.29, 1.82) is 0 Å². The number of piperidine rings is 1. The summed E-state index contributed by atoms with van der Waals surface area (Å²) in [6, 6.07) is 12.8. The number of amides is 1. The number of carbonyl (C=O) groups is 1. The maximum atomic E-state index is 13.2. The van der Waals surface area contributed by atoms with Gasteiger partial charge in [0.2, 0.25) is 5.91 Å². The van der Waals surface area contributed by atoms with Crippen LogP contribution in [0.5, 0.6) is 5.75 Å². The lowest BCUT2D eigenvalue weighted by molar-refractivity contribution is -0.385. The predicted octanol–water partition coefficient (Wildman–Crippen LogP) is 3.31. The van der Waals surface area contributed by atoms with Crippen LogP contribution in [0, 0.1) is 10.1 Å². The van der Waals surface area contributed by atoms with Crippen molar-refractivity contribution in [2.24, 2.45) is 5.73 Å². The summed E-state index contributed by atoms with van der Waals surface area (Å²) in [5, 5.41) is 20.7. The van der Waals surface area contributed by atoms with E-state index in [0.29, 0.717) is 12.1 Å². The summed E-state index contributed by atoms with van der Waals surface area (Å²) < 4.78 is 0. The summed E-state index contributed by atoms with van der Waals surface area (Å²) in [7, 11) is 0. The van der Waals surface area contributed by atoms with Crippen LogP contribution in [0.4, 0.5) is 5.69 Å². The summed E-state index contributed by atoms with van der Waals surface area (Å²) in [5.74, 6) is 0.0919. The number of carbonyl (C=O) groups excluding carboxylic acids is 1. The maximum absolute atomic E-state index is 13.2. The van der Waals surface area contributed by atoms with Crippen molar-refractivity contribution < 1.29 is 14.8 Å². The molecule has 0 saturated carbocycles. The maximum Gasteiger partial charge on any atom is 0.310 e. The number of aromatic hydroxyl groups is 1. The highest BCUT2D eigenvalue weighted by Gasteiger charge is 2.33. The lowest BCUT2D eigenvalue weighted by Crippen LogP contribution is -2.48. The van der Waals surface area contributed by atoms with E-state index in [9.17, 15) is 20.0 Å². The number of phenolic OH excluding ortho intramolecular Hbond substituents is 1. The van der Waals surface area contributed by atoms with Crippen LogP contribution in [0.15, 0.2) is 54.7 Å². The molecular weight excluding hydrogens is 410 g/mol. The number of H-pyrrole nitrogens is 1. The zero-order chi connectivity index (χ0) is 22.7. The molecule has 2 atom stereocenters. The van der Waals surface area contributed by atoms with Gasteiger partial charge in [-0.3, -0.25) is 14.9 Å². The molecule has 0 unspecified atom stereocenters. The minimum atomic E-state index is -0.858. The SMILES string of the molecule is N[C@@H](Cc1ccc(O)c([N+](=O)[O-])c1)C(=O)N1CCCC[C@H]1c1ncc(-c2ccccc2)[nH]1. The molecule has 2 aromatic carbocycles. The molecule has 166 valence electrons. The minimum Gasteiger partial charge on any atom is -0.502 e. The van der Waals surface area contributed by atoms with Crippen molar-refractivity contribution in [2.75, 3.05) is 6.54 Å². The Morgan fingerprint density at radius 3 is 2.81 bits per heavy atom. The quantitative estimate of drug-likeness (QED) is 0.401. The topological polar surface area (TPSA) is 138 Å². The Morgan fingerprint density at radius 1 is 1.28 bits per heavy atom. The first kappa shape index (κ1) is 21.5. The van der Waals surface area contributed by atoms with Gasteiger partial charge in [-0.2, -0.15) is 0 Å². The van der Waals surface area contributed by atoms with Gasteiger partial charge in [-0.1, -0.05) is 36.4 Å². The first-order chi connectivity index (χ1) is 15.4. The molecule has 4 rings (SSSR count). The van der Waals surface area contributed by atoms with Gasteiger partial charge in [0.1, 0.15) is 5.82 Å². The van der Waals surface area contributed by atoms with Gasteiger partial charge in [0.15, 0.2) is 5.75 Å². The van der Waals surface area contributed by atoms with Gasteiger partial charge in [-0.25, -0.2) is 4.98 Å². The number of aromatic nitrogens is 2. The van der Waals surface area contributed by atoms with Gasteiger partial charge < -0.3 is 20.7 Å². The van der Waals surface area contributed by atoms with Gasteiger partial charge in [-0.15, -0.1) is 0 Å². The van der Waals surface area contributed by atoms with Crippen LogP contribution < -0.4 is 5.73 Å². The van der Waals surface area contributed by atoms with E-state index in [4.69, 9.17) is 5.73 Å². The molecule has 2 heterocycles. The summed E-state index contributed by atoms with van der Waals surface area (Å²) >= 11 is 0. The molecule has 1 aromatic heterocycles. The fraction of sp³-hybridized carbons (Fsp3) is 0.304. The summed E-state index contributed by atoms with van der Waals surface area (Å²) in [5.41, 5.74) is 8.25. The first-order valence-corrected chi connectivity index (χ1v) is 10.6. The Kier molecular flexibility index (Phi) is 6.18. The minimum absolute atomic E-state index is 0.136. The number of nitrogens with zero attached hydrogens (tertiary/aromatic N) is 3. The standard InChI is InChI=1S/C23H25N5O4/c24-17(12-15-9-10-21(29)20(13-15)28(31)32)23(30)27-11-5-4-8-19(27)22-25-14-18(26-22)16-6-2-1-3-7-16/h1-3,6-7,9-10,13-14,17,19,29H,4-5,8,11-12,24H2,(H,25,26)/t17-,19-/m0/s1. The largest absolute Gasteiger partial charge is 0.502 e. The van der Waals surface area contributed by atoms with E-state index in [0.717, 1.165) is 36.3 Å². The molecule has 4 N–H and O–H groups in total. The summed E-state index contributed by atoms with van der Waals surface area (Å²) in [6.07, 6.45) is 4.56. The van der Waals surface area contributed by atoms with E-state index in [1.165, 1.54) is 12.1 Å². The molecule has 1 aliphatic rings. The number of nitro benzene ring substituents is 1. The number of benzene rings is 2. The number of nitrogens with one attached hydrogen (secondary N) is 1. The second-order valence-corrected chi connectivity index (χ2v) is 7.98. The number of imidazole rings is 1. The Morgan fingerprint density at radius 2 is 2.06 bits per heavy atom.